The molecule has 0 spiro atoms. The normalized spacial score (nSPS) is 12.4. The molecule has 0 radical (unpaired) electrons. The van der Waals surface area contributed by atoms with E-state index in [1.807, 2.05) is 18.2 Å². The summed E-state index contributed by atoms with van der Waals surface area (Å²) >= 11 is 0. The van der Waals surface area contributed by atoms with Gasteiger partial charge >= 0.3 is 0 Å². The lowest BCUT2D eigenvalue weighted by molar-refractivity contribution is 0.191. The first kappa shape index (κ1) is 14.0. The maximum absolute atomic E-state index is 9.05. The number of hydrogen-bond acceptors (Lipinski definition) is 3. The quantitative estimate of drug-likeness (QED) is 0.681. The summed E-state index contributed by atoms with van der Waals surface area (Å²) in [5.41, 5.74) is 1.18. The molecule has 0 aliphatic heterocycles. The molecule has 0 heterocycles. The van der Waals surface area contributed by atoms with Gasteiger partial charge in [0.25, 0.3) is 0 Å². The lowest BCUT2D eigenvalue weighted by Gasteiger charge is -2.09. The monoisotopic (exact) mass is 237 g/mol. The van der Waals surface area contributed by atoms with Crippen molar-refractivity contribution in [3.8, 4) is 5.75 Å². The first-order valence-corrected chi connectivity index (χ1v) is 6.27. The molecule has 0 saturated carbocycles. The van der Waals surface area contributed by atoms with Crippen molar-refractivity contribution in [1.82, 2.24) is 5.32 Å². The Balaban J connectivity index is 2.03. The van der Waals surface area contributed by atoms with Gasteiger partial charge in [0.05, 0.1) is 12.7 Å². The van der Waals surface area contributed by atoms with E-state index in [-0.39, 0.29) is 6.10 Å². The summed E-state index contributed by atoms with van der Waals surface area (Å²) in [6.45, 7) is 6.19. The van der Waals surface area contributed by atoms with Crippen LogP contribution in [-0.2, 0) is 0 Å². The average molecular weight is 237 g/mol. The SMILES string of the molecule is Cc1ccccc1OCCCCNCC(C)O. The van der Waals surface area contributed by atoms with E-state index in [9.17, 15) is 0 Å². The number of rotatable bonds is 8. The first-order valence-electron chi connectivity index (χ1n) is 6.27. The van der Waals surface area contributed by atoms with Crippen molar-refractivity contribution in [3.63, 3.8) is 0 Å². The molecular weight excluding hydrogens is 214 g/mol. The molecule has 1 aromatic carbocycles. The largest absolute Gasteiger partial charge is 0.493 e. The fourth-order valence-electron chi connectivity index (χ4n) is 1.56. The van der Waals surface area contributed by atoms with Crippen LogP contribution in [0.15, 0.2) is 24.3 Å². The molecule has 0 fully saturated rings. The van der Waals surface area contributed by atoms with E-state index in [2.05, 4.69) is 18.3 Å². The van der Waals surface area contributed by atoms with Crippen LogP contribution in [0.3, 0.4) is 0 Å². The first-order chi connectivity index (χ1) is 8.20. The van der Waals surface area contributed by atoms with Crippen LogP contribution in [0.1, 0.15) is 25.3 Å². The van der Waals surface area contributed by atoms with Crippen LogP contribution in [0.25, 0.3) is 0 Å². The van der Waals surface area contributed by atoms with Crippen LogP contribution in [0.2, 0.25) is 0 Å². The number of nitrogens with one attached hydrogen (secondary N) is 1. The van der Waals surface area contributed by atoms with Gasteiger partial charge in [0, 0.05) is 6.54 Å². The zero-order valence-electron chi connectivity index (χ0n) is 10.8. The minimum absolute atomic E-state index is 0.266. The predicted octanol–water partition coefficient (Wildman–Crippen LogP) is 2.12. The van der Waals surface area contributed by atoms with Gasteiger partial charge in [0.15, 0.2) is 0 Å². The summed E-state index contributed by atoms with van der Waals surface area (Å²) in [6.07, 6.45) is 1.83. The predicted molar refractivity (Wildman–Crippen MR) is 70.5 cm³/mol. The number of aliphatic hydroxyl groups is 1. The summed E-state index contributed by atoms with van der Waals surface area (Å²) in [5.74, 6) is 0.976. The number of aliphatic hydroxyl groups excluding tert-OH is 1. The Morgan fingerprint density at radius 3 is 2.76 bits per heavy atom. The fourth-order valence-corrected chi connectivity index (χ4v) is 1.56. The maximum Gasteiger partial charge on any atom is 0.122 e. The molecule has 1 rings (SSSR count). The molecule has 96 valence electrons. The number of ether oxygens (including phenoxy) is 1. The highest BCUT2D eigenvalue weighted by Crippen LogP contribution is 2.16. The van der Waals surface area contributed by atoms with Crippen molar-refractivity contribution in [2.24, 2.45) is 0 Å². The molecule has 0 saturated heterocycles. The highest BCUT2D eigenvalue weighted by Gasteiger charge is 1.97. The van der Waals surface area contributed by atoms with Crippen molar-refractivity contribution in [1.29, 1.82) is 0 Å². The minimum Gasteiger partial charge on any atom is -0.493 e. The van der Waals surface area contributed by atoms with Crippen LogP contribution >= 0.6 is 0 Å². The topological polar surface area (TPSA) is 41.5 Å². The second kappa shape index (κ2) is 8.09. The molecule has 0 bridgehead atoms. The molecule has 17 heavy (non-hydrogen) atoms. The van der Waals surface area contributed by atoms with Crippen molar-refractivity contribution < 1.29 is 9.84 Å². The average Bonchev–Trinajstić information content (AvgIpc) is 2.30. The Hall–Kier alpha value is -1.06. The van der Waals surface area contributed by atoms with Gasteiger partial charge < -0.3 is 15.2 Å². The maximum atomic E-state index is 9.05. The highest BCUT2D eigenvalue weighted by atomic mass is 16.5. The van der Waals surface area contributed by atoms with Gasteiger partial charge in [-0.1, -0.05) is 18.2 Å². The molecule has 0 aliphatic carbocycles. The van der Waals surface area contributed by atoms with Crippen LogP contribution < -0.4 is 10.1 Å². The number of hydrogen-bond donors (Lipinski definition) is 2. The molecule has 3 nitrogen and oxygen atoms in total. The van der Waals surface area contributed by atoms with E-state index in [1.54, 1.807) is 6.92 Å². The molecular formula is C14H23NO2. The van der Waals surface area contributed by atoms with E-state index in [1.165, 1.54) is 5.56 Å². The van der Waals surface area contributed by atoms with Gasteiger partial charge in [-0.2, -0.15) is 0 Å². The summed E-state index contributed by atoms with van der Waals surface area (Å²) < 4.78 is 5.69. The highest BCUT2D eigenvalue weighted by molar-refractivity contribution is 5.31. The summed E-state index contributed by atoms with van der Waals surface area (Å²) in [7, 11) is 0. The van der Waals surface area contributed by atoms with E-state index in [0.29, 0.717) is 6.54 Å². The van der Waals surface area contributed by atoms with E-state index in [0.717, 1.165) is 31.7 Å². The van der Waals surface area contributed by atoms with Crippen molar-refractivity contribution in [2.75, 3.05) is 19.7 Å². The number of unbranched alkanes of at least 4 members (excludes halogenated alkanes) is 1. The Morgan fingerprint density at radius 1 is 1.29 bits per heavy atom. The number of benzene rings is 1. The molecule has 2 N–H and O–H groups in total. The Labute approximate surface area is 104 Å². The van der Waals surface area contributed by atoms with Gasteiger partial charge in [-0.05, 0) is 44.9 Å². The molecule has 1 unspecified atom stereocenters. The van der Waals surface area contributed by atoms with Crippen molar-refractivity contribution >= 4 is 0 Å². The van der Waals surface area contributed by atoms with Gasteiger partial charge in [-0.15, -0.1) is 0 Å². The van der Waals surface area contributed by atoms with Crippen LogP contribution in [0.4, 0.5) is 0 Å². The second-order valence-electron chi connectivity index (χ2n) is 4.37. The van der Waals surface area contributed by atoms with E-state index in [4.69, 9.17) is 9.84 Å². The van der Waals surface area contributed by atoms with Gasteiger partial charge in [0.2, 0.25) is 0 Å². The van der Waals surface area contributed by atoms with Crippen LogP contribution in [-0.4, -0.2) is 30.9 Å². The summed E-state index contributed by atoms with van der Waals surface area (Å²) in [5, 5.41) is 12.2. The van der Waals surface area contributed by atoms with Crippen LogP contribution in [0, 0.1) is 6.92 Å². The zero-order chi connectivity index (χ0) is 12.5. The third-order valence-electron chi connectivity index (χ3n) is 2.54. The molecule has 1 atom stereocenters. The van der Waals surface area contributed by atoms with Gasteiger partial charge in [-0.25, -0.2) is 0 Å². The van der Waals surface area contributed by atoms with Crippen LogP contribution in [0.5, 0.6) is 5.75 Å². The molecule has 1 aromatic rings. The fraction of sp³-hybridized carbons (Fsp3) is 0.571. The van der Waals surface area contributed by atoms with E-state index >= 15 is 0 Å². The smallest absolute Gasteiger partial charge is 0.122 e. The summed E-state index contributed by atoms with van der Waals surface area (Å²) in [6, 6.07) is 8.06. The minimum atomic E-state index is -0.266. The van der Waals surface area contributed by atoms with Crippen molar-refractivity contribution in [2.45, 2.75) is 32.8 Å². The molecule has 0 amide bonds. The summed E-state index contributed by atoms with van der Waals surface area (Å²) in [4.78, 5) is 0. The lowest BCUT2D eigenvalue weighted by atomic mass is 10.2. The molecule has 3 heteroatoms. The third-order valence-corrected chi connectivity index (χ3v) is 2.54. The van der Waals surface area contributed by atoms with E-state index < -0.39 is 0 Å². The molecule has 0 aromatic heterocycles. The van der Waals surface area contributed by atoms with Gasteiger partial charge in [-0.3, -0.25) is 0 Å². The third kappa shape index (κ3) is 6.29. The number of aryl methyl sites for hydroxylation is 1. The van der Waals surface area contributed by atoms with Crippen molar-refractivity contribution in [3.05, 3.63) is 29.8 Å². The number of para-hydroxylation sites is 1. The Bertz CT molecular complexity index is 313. The molecule has 0 aliphatic rings. The Kier molecular flexibility index (Phi) is 6.67. The Morgan fingerprint density at radius 2 is 2.06 bits per heavy atom. The van der Waals surface area contributed by atoms with Gasteiger partial charge in [0.1, 0.15) is 5.75 Å². The zero-order valence-corrected chi connectivity index (χ0v) is 10.8. The standard InChI is InChI=1S/C14H23NO2/c1-12-7-3-4-8-14(12)17-10-6-5-9-15-11-13(2)16/h3-4,7-8,13,15-16H,5-6,9-11H2,1-2H3. The lowest BCUT2D eigenvalue weighted by Crippen LogP contribution is -2.25. The second-order valence-corrected chi connectivity index (χ2v) is 4.37.